The fraction of sp³-hybridized carbons (Fsp3) is 0.222. The predicted octanol–water partition coefficient (Wildman–Crippen LogP) is -0.306. The van der Waals surface area contributed by atoms with Crippen molar-refractivity contribution in [2.24, 2.45) is 5.14 Å². The maximum atomic E-state index is 13.3. The molecule has 0 atom stereocenters. The number of fused-ring (bicyclic) bond motifs is 1. The highest BCUT2D eigenvalue weighted by Crippen LogP contribution is 2.42. The van der Waals surface area contributed by atoms with Crippen LogP contribution in [0.15, 0.2) is 34.1 Å². The number of anilines is 1. The third-order valence-corrected chi connectivity index (χ3v) is 8.81. The van der Waals surface area contributed by atoms with Crippen LogP contribution in [-0.2, 0) is 19.9 Å². The summed E-state index contributed by atoms with van der Waals surface area (Å²) in [4.78, 5) is 6.23. The summed E-state index contributed by atoms with van der Waals surface area (Å²) < 4.78 is 52.2. The number of nitrogens with one attached hydrogen (secondary N) is 3. The van der Waals surface area contributed by atoms with Gasteiger partial charge in [0.15, 0.2) is 21.6 Å². The Kier molecular flexibility index (Phi) is 4.75. The highest BCUT2D eigenvalue weighted by molar-refractivity contribution is 7.94. The molecule has 13 nitrogen and oxygen atoms in total. The summed E-state index contributed by atoms with van der Waals surface area (Å²) in [5.41, 5.74) is 8.56. The molecule has 0 aliphatic carbocycles. The van der Waals surface area contributed by atoms with Crippen LogP contribution in [0.5, 0.6) is 0 Å². The van der Waals surface area contributed by atoms with Gasteiger partial charge in [0.2, 0.25) is 10.0 Å². The summed E-state index contributed by atoms with van der Waals surface area (Å²) in [7, 11) is -8.56. The van der Waals surface area contributed by atoms with Crippen molar-refractivity contribution in [1.82, 2.24) is 35.9 Å². The summed E-state index contributed by atoms with van der Waals surface area (Å²) in [5, 5.41) is 21.2. The van der Waals surface area contributed by atoms with Crippen LogP contribution in [0.25, 0.3) is 33.5 Å². The lowest BCUT2D eigenvalue weighted by Gasteiger charge is -2.28. The molecular weight excluding hydrogens is 470 g/mol. The number of aromatic amines is 2. The molecule has 172 valence electrons. The lowest BCUT2D eigenvalue weighted by molar-refractivity contribution is 0.493. The van der Waals surface area contributed by atoms with Crippen LogP contribution < -0.4 is 16.2 Å². The van der Waals surface area contributed by atoms with Crippen LogP contribution in [-0.4, -0.2) is 65.8 Å². The molecule has 2 aromatic heterocycles. The molecule has 0 radical (unpaired) electrons. The van der Waals surface area contributed by atoms with Gasteiger partial charge in [0.1, 0.15) is 4.90 Å². The number of benzene rings is 2. The molecule has 0 spiro atoms. The van der Waals surface area contributed by atoms with Crippen LogP contribution in [0.1, 0.15) is 5.56 Å². The highest BCUT2D eigenvalue weighted by Gasteiger charge is 2.38. The normalized spacial score (nSPS) is 15.1. The van der Waals surface area contributed by atoms with Crippen LogP contribution in [0.2, 0.25) is 0 Å². The van der Waals surface area contributed by atoms with Gasteiger partial charge in [0, 0.05) is 24.2 Å². The molecule has 7 N–H and O–H groups in total. The lowest BCUT2D eigenvalue weighted by Crippen LogP contribution is -2.51. The maximum absolute atomic E-state index is 13.3. The number of H-pyrrole nitrogens is 2. The van der Waals surface area contributed by atoms with Crippen LogP contribution in [0, 0.1) is 6.92 Å². The van der Waals surface area contributed by atoms with Gasteiger partial charge in [-0.15, -0.1) is 5.10 Å². The fourth-order valence-electron chi connectivity index (χ4n) is 3.94. The molecule has 0 bridgehead atoms. The van der Waals surface area contributed by atoms with Crippen molar-refractivity contribution in [2.45, 2.75) is 22.0 Å². The number of nitrogens with zero attached hydrogens (tertiary/aromatic N) is 4. The van der Waals surface area contributed by atoms with Crippen molar-refractivity contribution >= 4 is 36.8 Å². The molecule has 1 saturated heterocycles. The van der Waals surface area contributed by atoms with E-state index in [1.807, 2.05) is 13.0 Å². The van der Waals surface area contributed by atoms with Crippen LogP contribution in [0.4, 0.5) is 5.95 Å². The molecule has 15 heteroatoms. The van der Waals surface area contributed by atoms with Gasteiger partial charge in [0.05, 0.1) is 21.2 Å². The minimum absolute atomic E-state index is 0.0556. The minimum atomic E-state index is -4.55. The number of imidazole rings is 1. The monoisotopic (exact) mass is 489 g/mol. The van der Waals surface area contributed by atoms with E-state index in [2.05, 4.69) is 35.9 Å². The Morgan fingerprint density at radius 1 is 1.09 bits per heavy atom. The van der Waals surface area contributed by atoms with E-state index in [9.17, 15) is 16.8 Å². The Balaban J connectivity index is 1.93. The first kappa shape index (κ1) is 21.4. The molecular formula is C18H19N9O4S2. The van der Waals surface area contributed by atoms with Gasteiger partial charge in [-0.1, -0.05) is 6.07 Å². The van der Waals surface area contributed by atoms with Crippen molar-refractivity contribution < 1.29 is 16.8 Å². The number of aromatic nitrogens is 6. The van der Waals surface area contributed by atoms with E-state index >= 15 is 0 Å². The zero-order valence-electron chi connectivity index (χ0n) is 17.2. The molecule has 1 aliphatic rings. The third kappa shape index (κ3) is 3.45. The van der Waals surface area contributed by atoms with Crippen molar-refractivity contribution in [3.8, 4) is 22.5 Å². The molecule has 5 rings (SSSR count). The zero-order valence-corrected chi connectivity index (χ0v) is 18.8. The zero-order chi connectivity index (χ0) is 23.5. The van der Waals surface area contributed by atoms with Crippen molar-refractivity contribution in [3.05, 3.63) is 29.8 Å². The molecule has 0 saturated carbocycles. The number of aryl methyl sites for hydroxylation is 1. The van der Waals surface area contributed by atoms with Gasteiger partial charge in [0.25, 0.3) is 0 Å². The molecule has 4 aromatic rings. The minimum Gasteiger partial charge on any atom is -0.369 e. The van der Waals surface area contributed by atoms with E-state index in [-0.39, 0.29) is 30.4 Å². The topological polar surface area (TPSA) is 215 Å². The Labute approximate surface area is 187 Å². The average molecular weight is 490 g/mol. The largest absolute Gasteiger partial charge is 0.369 e. The Bertz CT molecular complexity index is 1610. The van der Waals surface area contributed by atoms with Gasteiger partial charge in [-0.3, -0.25) is 0 Å². The average Bonchev–Trinajstić information content (AvgIpc) is 3.32. The molecule has 0 unspecified atom stereocenters. The van der Waals surface area contributed by atoms with Crippen molar-refractivity contribution in [1.29, 1.82) is 0 Å². The predicted molar refractivity (Wildman–Crippen MR) is 119 cm³/mol. The number of primary sulfonamides is 1. The number of nitrogens with two attached hydrogens (primary N) is 2. The second-order valence-corrected chi connectivity index (χ2v) is 11.5. The maximum Gasteiger partial charge on any atom is 0.240 e. The van der Waals surface area contributed by atoms with Gasteiger partial charge in [-0.25, -0.2) is 32.1 Å². The summed E-state index contributed by atoms with van der Waals surface area (Å²) >= 11 is 0. The summed E-state index contributed by atoms with van der Waals surface area (Å²) in [6.07, 6.45) is 0. The first-order valence-corrected chi connectivity index (χ1v) is 12.8. The second-order valence-electron chi connectivity index (χ2n) is 7.76. The van der Waals surface area contributed by atoms with E-state index in [1.54, 1.807) is 6.07 Å². The molecule has 1 aliphatic heterocycles. The number of sulfonamides is 1. The molecule has 1 fully saturated rings. The van der Waals surface area contributed by atoms with Crippen molar-refractivity contribution in [2.75, 3.05) is 18.8 Å². The lowest BCUT2D eigenvalue weighted by atomic mass is 9.96. The molecule has 2 aromatic carbocycles. The van der Waals surface area contributed by atoms with Gasteiger partial charge < -0.3 is 16.0 Å². The molecule has 0 amide bonds. The number of sulfone groups is 1. The van der Waals surface area contributed by atoms with Gasteiger partial charge in [-0.05, 0) is 46.7 Å². The quantitative estimate of drug-likeness (QED) is 0.246. The number of nitrogen functional groups attached to an aromatic ring is 1. The van der Waals surface area contributed by atoms with Gasteiger partial charge in [-0.2, -0.15) is 0 Å². The van der Waals surface area contributed by atoms with Gasteiger partial charge >= 0.3 is 0 Å². The summed E-state index contributed by atoms with van der Waals surface area (Å²) in [5.74, 6) is 0.114. The Morgan fingerprint density at radius 3 is 2.45 bits per heavy atom. The van der Waals surface area contributed by atoms with Crippen LogP contribution >= 0.6 is 0 Å². The Hall–Kier alpha value is -3.40. The second kappa shape index (κ2) is 7.31. The first-order valence-electron chi connectivity index (χ1n) is 9.72. The van der Waals surface area contributed by atoms with E-state index in [1.165, 1.54) is 12.1 Å². The van der Waals surface area contributed by atoms with E-state index in [4.69, 9.17) is 10.9 Å². The third-order valence-electron chi connectivity index (χ3n) is 5.52. The fourth-order valence-corrected chi connectivity index (χ4v) is 7.13. The number of rotatable bonds is 5. The smallest absolute Gasteiger partial charge is 0.240 e. The van der Waals surface area contributed by atoms with E-state index in [0.29, 0.717) is 22.2 Å². The van der Waals surface area contributed by atoms with Crippen molar-refractivity contribution in [3.63, 3.8) is 0 Å². The number of hydrogen-bond donors (Lipinski definition) is 5. The highest BCUT2D eigenvalue weighted by atomic mass is 32.2. The summed E-state index contributed by atoms with van der Waals surface area (Å²) in [6.45, 7) is 2.25. The van der Waals surface area contributed by atoms with Crippen LogP contribution in [0.3, 0.4) is 0 Å². The standard InChI is InChI=1S/C18H19N9O4S2/c1-8-4-11(15-12(5-8)22-18(19)23-15)10-2-3-13(32(28,29)9-6-21-7-9)16(33(20,30)31)14(10)17-24-26-27-25-17/h2-5,9,21H,6-7H2,1H3,(H3,19,22,23)(H2,20,30,31)(H,24,25,26,27). The summed E-state index contributed by atoms with van der Waals surface area (Å²) in [6, 6.07) is 6.37. The number of tetrazole rings is 1. The SMILES string of the molecule is Cc1cc(-c2ccc(S(=O)(=O)C3CNC3)c(S(N)(=O)=O)c2-c2nnn[nH]2)c2[nH]c(N)nc2c1. The molecule has 3 heterocycles. The number of hydrogen-bond acceptors (Lipinski definition) is 10. The Morgan fingerprint density at radius 2 is 1.85 bits per heavy atom. The van der Waals surface area contributed by atoms with E-state index in [0.717, 1.165) is 5.56 Å². The van der Waals surface area contributed by atoms with E-state index < -0.39 is 34.9 Å². The first-order chi connectivity index (χ1) is 15.6. The molecule has 33 heavy (non-hydrogen) atoms.